The van der Waals surface area contributed by atoms with Crippen LogP contribution in [-0.2, 0) is 33.3 Å². The minimum Gasteiger partial charge on any atom is -0.420 e. The van der Waals surface area contributed by atoms with Crippen molar-refractivity contribution >= 4 is 54.0 Å². The minimum atomic E-state index is -3.71. The highest BCUT2D eigenvalue weighted by molar-refractivity contribution is 7.91. The van der Waals surface area contributed by atoms with Crippen molar-refractivity contribution in [1.29, 1.82) is 0 Å². The fourth-order valence-electron chi connectivity index (χ4n) is 5.44. The van der Waals surface area contributed by atoms with Crippen LogP contribution >= 0.6 is 0 Å². The lowest BCUT2D eigenvalue weighted by atomic mass is 10.0. The van der Waals surface area contributed by atoms with Gasteiger partial charge in [0.2, 0.25) is 23.2 Å². The van der Waals surface area contributed by atoms with Crippen LogP contribution in [0.25, 0.3) is 22.2 Å². The second kappa shape index (κ2) is 13.9. The van der Waals surface area contributed by atoms with E-state index >= 15 is 0 Å². The third-order valence-electron chi connectivity index (χ3n) is 8.12. The molecule has 264 valence electrons. The molecule has 0 fully saturated rings. The second-order valence-corrected chi connectivity index (χ2v) is 14.7. The summed E-state index contributed by atoms with van der Waals surface area (Å²) in [4.78, 5) is 34.9. The molecule has 0 saturated heterocycles. The number of hydrogen-bond donors (Lipinski definition) is 4. The first-order valence-corrected chi connectivity index (χ1v) is 18.4. The third-order valence-corrected chi connectivity index (χ3v) is 10.2. The predicted octanol–water partition coefficient (Wildman–Crippen LogP) is 4.03. The fourth-order valence-corrected chi connectivity index (χ4v) is 6.52. The summed E-state index contributed by atoms with van der Waals surface area (Å²) in [5.74, 6) is 0.164. The maximum atomic E-state index is 13.1. The third kappa shape index (κ3) is 7.91. The van der Waals surface area contributed by atoms with Gasteiger partial charge < -0.3 is 13.6 Å². The Hall–Kier alpha value is -5.62. The van der Waals surface area contributed by atoms with Crippen LogP contribution in [0.5, 0.6) is 11.8 Å². The molecule has 4 heterocycles. The van der Waals surface area contributed by atoms with Gasteiger partial charge in [-0.05, 0) is 72.5 Å². The smallest absolute Gasteiger partial charge is 0.341 e. The van der Waals surface area contributed by atoms with E-state index in [4.69, 9.17) is 13.6 Å². The topological polar surface area (TPSA) is 212 Å². The van der Waals surface area contributed by atoms with Gasteiger partial charge in [0.15, 0.2) is 0 Å². The molecule has 0 aliphatic heterocycles. The van der Waals surface area contributed by atoms with Crippen molar-refractivity contribution in [2.45, 2.75) is 26.7 Å². The zero-order chi connectivity index (χ0) is 36.5. The largest absolute Gasteiger partial charge is 0.420 e. The predicted molar refractivity (Wildman–Crippen MR) is 192 cm³/mol. The molecule has 0 aliphatic carbocycles. The Morgan fingerprint density at radius 3 is 1.43 bits per heavy atom. The molecule has 2 aromatic carbocycles. The van der Waals surface area contributed by atoms with Crippen LogP contribution in [-0.4, -0.2) is 40.9 Å². The van der Waals surface area contributed by atoms with Crippen LogP contribution in [0.2, 0.25) is 0 Å². The Balaban J connectivity index is 1.22. The van der Waals surface area contributed by atoms with Crippen LogP contribution in [0.4, 0.5) is 11.4 Å². The highest BCUT2D eigenvalue weighted by atomic mass is 32.2. The zero-order valence-electron chi connectivity index (χ0n) is 27.7. The number of fused-ring (bicyclic) bond motifs is 2. The summed E-state index contributed by atoms with van der Waals surface area (Å²) in [5, 5.41) is 1.16. The Morgan fingerprint density at radius 2 is 1.04 bits per heavy atom. The summed E-state index contributed by atoms with van der Waals surface area (Å²) in [5.41, 5.74) is 3.00. The van der Waals surface area contributed by atoms with E-state index in [1.54, 1.807) is 86.6 Å². The molecule has 0 spiro atoms. The number of benzene rings is 2. The van der Waals surface area contributed by atoms with Crippen LogP contribution in [0.15, 0.2) is 91.2 Å². The monoisotopic (exact) mass is 732 g/mol. The SMILES string of the molecule is CNS(=O)(=O)Nc1cccc(Cc2c(C)c3ccc(Oc4ccc5c(C)c(Cc6cccc(NS(=O)(=O)NC)c6)c(=O)oc5n4)nc3oc2=O)c1. The van der Waals surface area contributed by atoms with E-state index in [0.717, 1.165) is 0 Å². The lowest BCUT2D eigenvalue weighted by Crippen LogP contribution is -2.26. The van der Waals surface area contributed by atoms with Crippen LogP contribution in [0, 0.1) is 13.8 Å². The molecule has 17 heteroatoms. The van der Waals surface area contributed by atoms with Gasteiger partial charge >= 0.3 is 11.3 Å². The molecule has 0 saturated carbocycles. The lowest BCUT2D eigenvalue weighted by molar-refractivity contribution is 0.436. The number of aromatic nitrogens is 2. The quantitative estimate of drug-likeness (QED) is 0.141. The molecule has 4 aromatic heterocycles. The number of rotatable bonds is 12. The van der Waals surface area contributed by atoms with E-state index in [1.165, 1.54) is 14.1 Å². The standard InChI is InChI=1S/C34H32N6O9S2/c1-19-25-11-13-29(37-31(25)48-33(41)27(19)17-21-7-5-9-23(15-21)39-50(43,44)35-3)47-30-14-12-26-20(2)28(34(42)49-32(26)38-30)18-22-8-6-10-24(16-22)40-51(45,46)36-4/h5-16,35-36,39-40H,17-18H2,1-4H3. The summed E-state index contributed by atoms with van der Waals surface area (Å²) >= 11 is 0. The van der Waals surface area contributed by atoms with Gasteiger partial charge in [0, 0.05) is 61.0 Å². The van der Waals surface area contributed by atoms with Gasteiger partial charge in [0.1, 0.15) is 0 Å². The number of nitrogens with one attached hydrogen (secondary N) is 4. The van der Waals surface area contributed by atoms with Crippen LogP contribution < -0.4 is 34.9 Å². The molecule has 0 amide bonds. The summed E-state index contributed by atoms with van der Waals surface area (Å²) in [6.45, 7) is 3.55. The van der Waals surface area contributed by atoms with Crippen LogP contribution in [0.1, 0.15) is 33.4 Å². The van der Waals surface area contributed by atoms with E-state index in [0.29, 0.717) is 55.5 Å². The molecule has 0 bridgehead atoms. The number of hydrogen-bond acceptors (Lipinski definition) is 11. The Morgan fingerprint density at radius 1 is 0.627 bits per heavy atom. The van der Waals surface area contributed by atoms with E-state index in [1.807, 2.05) is 0 Å². The number of aryl methyl sites for hydroxylation is 2. The first-order valence-electron chi connectivity index (χ1n) is 15.4. The molecule has 15 nitrogen and oxygen atoms in total. The number of nitrogens with zero attached hydrogens (tertiary/aromatic N) is 2. The summed E-state index contributed by atoms with van der Waals surface area (Å²) < 4.78 is 73.8. The fraction of sp³-hybridized carbons (Fsp3) is 0.176. The zero-order valence-corrected chi connectivity index (χ0v) is 29.4. The number of anilines is 2. The van der Waals surface area contributed by atoms with Crippen molar-refractivity contribution in [3.8, 4) is 11.8 Å². The first-order chi connectivity index (χ1) is 24.2. The summed E-state index contributed by atoms with van der Waals surface area (Å²) in [7, 11) is -4.83. The van der Waals surface area contributed by atoms with Crippen molar-refractivity contribution in [1.82, 2.24) is 19.4 Å². The molecule has 6 aromatic rings. The van der Waals surface area contributed by atoms with Gasteiger partial charge in [-0.15, -0.1) is 0 Å². The van der Waals surface area contributed by atoms with Gasteiger partial charge in [0.05, 0.1) is 11.4 Å². The van der Waals surface area contributed by atoms with Crippen molar-refractivity contribution in [3.05, 3.63) is 127 Å². The average molecular weight is 733 g/mol. The maximum absolute atomic E-state index is 13.1. The van der Waals surface area contributed by atoms with Crippen molar-refractivity contribution in [2.75, 3.05) is 23.5 Å². The molecular weight excluding hydrogens is 701 g/mol. The Kier molecular flexibility index (Phi) is 9.63. The van der Waals surface area contributed by atoms with E-state index in [2.05, 4.69) is 28.9 Å². The number of ether oxygens (including phenoxy) is 1. The molecule has 0 atom stereocenters. The molecule has 0 aliphatic rings. The van der Waals surface area contributed by atoms with Gasteiger partial charge in [-0.2, -0.15) is 26.8 Å². The normalized spacial score (nSPS) is 11.9. The maximum Gasteiger partial charge on any atom is 0.341 e. The van der Waals surface area contributed by atoms with Gasteiger partial charge in [0.25, 0.3) is 20.4 Å². The first kappa shape index (κ1) is 35.2. The van der Waals surface area contributed by atoms with Crippen molar-refractivity contribution in [3.63, 3.8) is 0 Å². The highest BCUT2D eigenvalue weighted by Gasteiger charge is 2.18. The second-order valence-electron chi connectivity index (χ2n) is 11.5. The van der Waals surface area contributed by atoms with Crippen LogP contribution in [0.3, 0.4) is 0 Å². The van der Waals surface area contributed by atoms with E-state index < -0.39 is 31.7 Å². The van der Waals surface area contributed by atoms with Gasteiger partial charge in [-0.25, -0.2) is 19.0 Å². The average Bonchev–Trinajstić information content (AvgIpc) is 3.08. The van der Waals surface area contributed by atoms with Crippen molar-refractivity contribution < 1.29 is 30.4 Å². The highest BCUT2D eigenvalue weighted by Crippen LogP contribution is 2.28. The summed E-state index contributed by atoms with van der Waals surface area (Å²) in [6.07, 6.45) is 0.380. The molecule has 6 rings (SSSR count). The lowest BCUT2D eigenvalue weighted by Gasteiger charge is -2.11. The molecule has 51 heavy (non-hydrogen) atoms. The Labute approximate surface area is 292 Å². The van der Waals surface area contributed by atoms with Gasteiger partial charge in [-0.1, -0.05) is 24.3 Å². The summed E-state index contributed by atoms with van der Waals surface area (Å²) in [6, 6.07) is 20.0. The molecule has 0 radical (unpaired) electrons. The Bertz CT molecular complexity index is 2480. The molecule has 4 N–H and O–H groups in total. The van der Waals surface area contributed by atoms with E-state index in [9.17, 15) is 26.4 Å². The molecule has 0 unspecified atom stereocenters. The van der Waals surface area contributed by atoms with Crippen molar-refractivity contribution in [2.24, 2.45) is 0 Å². The minimum absolute atomic E-state index is 0.0462. The molecular formula is C34H32N6O9S2. The van der Waals surface area contributed by atoms with Gasteiger partial charge in [-0.3, -0.25) is 9.44 Å². The van der Waals surface area contributed by atoms with E-state index in [-0.39, 0.29) is 36.0 Å². The number of pyridine rings is 2.